The summed E-state index contributed by atoms with van der Waals surface area (Å²) < 4.78 is 1.65. The van der Waals surface area contributed by atoms with Crippen LogP contribution in [0, 0.1) is 0 Å². The lowest BCUT2D eigenvalue weighted by Gasteiger charge is -2.19. The molecule has 0 spiro atoms. The number of hydrogen-bond donors (Lipinski definition) is 2. The minimum Gasteiger partial charge on any atom is -0.409 e. The highest BCUT2D eigenvalue weighted by atomic mass is 16.4. The van der Waals surface area contributed by atoms with Crippen molar-refractivity contribution in [2.45, 2.75) is 32.7 Å². The lowest BCUT2D eigenvalue weighted by Crippen LogP contribution is -2.15. The second-order valence-corrected chi connectivity index (χ2v) is 5.70. The molecule has 1 aromatic carbocycles. The highest BCUT2D eigenvalue weighted by Crippen LogP contribution is 2.22. The maximum atomic E-state index is 8.57. The number of hydrogen-bond acceptors (Lipinski definition) is 4. The van der Waals surface area contributed by atoms with E-state index in [9.17, 15) is 0 Å². The molecule has 0 bridgehead atoms. The Morgan fingerprint density at radius 2 is 1.95 bits per heavy atom. The zero-order valence-electron chi connectivity index (χ0n) is 11.9. The van der Waals surface area contributed by atoms with Gasteiger partial charge in [-0.15, -0.1) is 5.10 Å². The van der Waals surface area contributed by atoms with Crippen molar-refractivity contribution in [1.82, 2.24) is 14.8 Å². The first-order valence-corrected chi connectivity index (χ1v) is 6.37. The van der Waals surface area contributed by atoms with E-state index in [0.29, 0.717) is 6.54 Å². The van der Waals surface area contributed by atoms with Gasteiger partial charge in [0.25, 0.3) is 0 Å². The number of nitrogens with two attached hydrogens (primary N) is 1. The van der Waals surface area contributed by atoms with Crippen LogP contribution >= 0.6 is 0 Å². The SMILES string of the molecule is CC(C)(C)c1ccc(Cn2cnc(C(N)=NO)n2)cc1. The van der Waals surface area contributed by atoms with E-state index >= 15 is 0 Å². The third-order valence-corrected chi connectivity index (χ3v) is 3.04. The van der Waals surface area contributed by atoms with Crippen molar-refractivity contribution in [2.24, 2.45) is 10.9 Å². The first-order valence-electron chi connectivity index (χ1n) is 6.37. The molecule has 6 nitrogen and oxygen atoms in total. The van der Waals surface area contributed by atoms with E-state index in [1.807, 2.05) is 0 Å². The van der Waals surface area contributed by atoms with Crippen LogP contribution in [0.15, 0.2) is 35.7 Å². The summed E-state index contributed by atoms with van der Waals surface area (Å²) in [6.45, 7) is 7.14. The molecule has 2 aromatic rings. The molecule has 20 heavy (non-hydrogen) atoms. The molecule has 0 aliphatic heterocycles. The van der Waals surface area contributed by atoms with Crippen molar-refractivity contribution < 1.29 is 5.21 Å². The van der Waals surface area contributed by atoms with Gasteiger partial charge in [0, 0.05) is 0 Å². The average Bonchev–Trinajstić information content (AvgIpc) is 2.86. The van der Waals surface area contributed by atoms with Crippen molar-refractivity contribution in [3.8, 4) is 0 Å². The average molecular weight is 273 g/mol. The van der Waals surface area contributed by atoms with E-state index in [-0.39, 0.29) is 17.1 Å². The molecule has 3 N–H and O–H groups in total. The molecule has 0 fully saturated rings. The van der Waals surface area contributed by atoms with E-state index in [0.717, 1.165) is 5.56 Å². The van der Waals surface area contributed by atoms with Gasteiger partial charge in [0.2, 0.25) is 11.7 Å². The van der Waals surface area contributed by atoms with E-state index in [4.69, 9.17) is 10.9 Å². The lowest BCUT2D eigenvalue weighted by molar-refractivity contribution is 0.318. The number of amidine groups is 1. The van der Waals surface area contributed by atoms with E-state index in [2.05, 4.69) is 60.3 Å². The third-order valence-electron chi connectivity index (χ3n) is 3.04. The monoisotopic (exact) mass is 273 g/mol. The quantitative estimate of drug-likeness (QED) is 0.385. The summed E-state index contributed by atoms with van der Waals surface area (Å²) in [5, 5.41) is 15.6. The molecule has 0 radical (unpaired) electrons. The molecule has 1 aromatic heterocycles. The maximum absolute atomic E-state index is 8.57. The standard InChI is InChI=1S/C14H19N5O/c1-14(2,3)11-6-4-10(5-7-11)8-19-9-16-13(17-19)12(15)18-20/h4-7,9,20H,8H2,1-3H3,(H2,15,18). The van der Waals surface area contributed by atoms with Gasteiger partial charge in [0.1, 0.15) is 6.33 Å². The Morgan fingerprint density at radius 1 is 1.30 bits per heavy atom. The number of benzene rings is 1. The van der Waals surface area contributed by atoms with Crippen LogP contribution in [0.3, 0.4) is 0 Å². The zero-order chi connectivity index (χ0) is 14.8. The van der Waals surface area contributed by atoms with Crippen LogP contribution in [0.5, 0.6) is 0 Å². The van der Waals surface area contributed by atoms with Gasteiger partial charge < -0.3 is 10.9 Å². The van der Waals surface area contributed by atoms with Gasteiger partial charge in [-0.1, -0.05) is 50.2 Å². The minimum atomic E-state index is -0.0909. The summed E-state index contributed by atoms with van der Waals surface area (Å²) in [5.41, 5.74) is 7.98. The van der Waals surface area contributed by atoms with Crippen molar-refractivity contribution >= 4 is 5.84 Å². The zero-order valence-corrected chi connectivity index (χ0v) is 11.9. The molecule has 0 amide bonds. The molecular weight excluding hydrogens is 254 g/mol. The fraction of sp³-hybridized carbons (Fsp3) is 0.357. The van der Waals surface area contributed by atoms with Gasteiger partial charge in [-0.3, -0.25) is 0 Å². The Bertz CT molecular complexity index is 607. The molecule has 0 saturated heterocycles. The van der Waals surface area contributed by atoms with Gasteiger partial charge in [-0.2, -0.15) is 0 Å². The van der Waals surface area contributed by atoms with Gasteiger partial charge in [0.05, 0.1) is 6.54 Å². The molecule has 106 valence electrons. The largest absolute Gasteiger partial charge is 0.409 e. The van der Waals surface area contributed by atoms with Crippen LogP contribution in [-0.4, -0.2) is 25.8 Å². The number of oxime groups is 1. The second-order valence-electron chi connectivity index (χ2n) is 5.70. The Morgan fingerprint density at radius 3 is 2.50 bits per heavy atom. The fourth-order valence-electron chi connectivity index (χ4n) is 1.83. The lowest BCUT2D eigenvalue weighted by atomic mass is 9.87. The highest BCUT2D eigenvalue weighted by molar-refractivity contribution is 5.93. The summed E-state index contributed by atoms with van der Waals surface area (Å²) in [5.74, 6) is 0.130. The van der Waals surface area contributed by atoms with Gasteiger partial charge in [-0.05, 0) is 16.5 Å². The van der Waals surface area contributed by atoms with Crippen LogP contribution < -0.4 is 5.73 Å². The van der Waals surface area contributed by atoms with Crippen molar-refractivity contribution in [2.75, 3.05) is 0 Å². The molecule has 6 heteroatoms. The highest BCUT2D eigenvalue weighted by Gasteiger charge is 2.13. The Hall–Kier alpha value is -2.37. The summed E-state index contributed by atoms with van der Waals surface area (Å²) >= 11 is 0. The molecule has 0 unspecified atom stereocenters. The van der Waals surface area contributed by atoms with E-state index in [1.165, 1.54) is 5.56 Å². The van der Waals surface area contributed by atoms with Crippen LogP contribution in [0.2, 0.25) is 0 Å². The molecular formula is C14H19N5O. The number of rotatable bonds is 3. The molecule has 0 aliphatic rings. The fourth-order valence-corrected chi connectivity index (χ4v) is 1.83. The minimum absolute atomic E-state index is 0.0909. The summed E-state index contributed by atoms with van der Waals surface area (Å²) in [7, 11) is 0. The van der Waals surface area contributed by atoms with Crippen molar-refractivity contribution in [3.05, 3.63) is 47.5 Å². The third kappa shape index (κ3) is 3.14. The summed E-state index contributed by atoms with van der Waals surface area (Å²) in [6.07, 6.45) is 1.56. The number of aromatic nitrogens is 3. The van der Waals surface area contributed by atoms with Crippen LogP contribution in [0.1, 0.15) is 37.7 Å². The molecule has 1 heterocycles. The topological polar surface area (TPSA) is 89.3 Å². The Kier molecular flexibility index (Phi) is 3.74. The van der Waals surface area contributed by atoms with Gasteiger partial charge in [-0.25, -0.2) is 9.67 Å². The number of nitrogens with zero attached hydrogens (tertiary/aromatic N) is 4. The molecule has 2 rings (SSSR count). The van der Waals surface area contributed by atoms with Crippen molar-refractivity contribution in [3.63, 3.8) is 0 Å². The maximum Gasteiger partial charge on any atom is 0.219 e. The molecule has 0 atom stereocenters. The van der Waals surface area contributed by atoms with Gasteiger partial charge >= 0.3 is 0 Å². The normalized spacial score (nSPS) is 12.7. The first kappa shape index (κ1) is 14.0. The molecule has 0 saturated carbocycles. The predicted molar refractivity (Wildman–Crippen MR) is 76.8 cm³/mol. The predicted octanol–water partition coefficient (Wildman–Crippen LogP) is 1.72. The van der Waals surface area contributed by atoms with Crippen molar-refractivity contribution in [1.29, 1.82) is 0 Å². The van der Waals surface area contributed by atoms with Crippen LogP contribution in [0.25, 0.3) is 0 Å². The Labute approximate surface area is 117 Å². The molecule has 0 aliphatic carbocycles. The summed E-state index contributed by atoms with van der Waals surface area (Å²) in [6, 6.07) is 8.39. The first-order chi connectivity index (χ1) is 9.40. The van der Waals surface area contributed by atoms with Crippen LogP contribution in [0.4, 0.5) is 0 Å². The van der Waals surface area contributed by atoms with E-state index in [1.54, 1.807) is 11.0 Å². The van der Waals surface area contributed by atoms with Crippen LogP contribution in [-0.2, 0) is 12.0 Å². The van der Waals surface area contributed by atoms with E-state index < -0.39 is 0 Å². The Balaban J connectivity index is 2.12. The van der Waals surface area contributed by atoms with Gasteiger partial charge in [0.15, 0.2) is 0 Å². The second kappa shape index (κ2) is 5.32. The summed E-state index contributed by atoms with van der Waals surface area (Å²) in [4.78, 5) is 3.98. The smallest absolute Gasteiger partial charge is 0.219 e.